The summed E-state index contributed by atoms with van der Waals surface area (Å²) in [6.45, 7) is 5.59. The van der Waals surface area contributed by atoms with Crippen molar-refractivity contribution in [2.45, 2.75) is 57.9 Å². The average molecular weight is 421 g/mol. The smallest absolute Gasteiger partial charge is 0.276 e. The average Bonchev–Trinajstić information content (AvgIpc) is 3.32. The Labute approximate surface area is 181 Å². The van der Waals surface area contributed by atoms with Gasteiger partial charge in [-0.1, -0.05) is 24.1 Å². The van der Waals surface area contributed by atoms with E-state index in [1.54, 1.807) is 10.9 Å². The fraction of sp³-hybridized carbons (Fsp3) is 0.522. The molecule has 8 nitrogen and oxygen atoms in total. The summed E-state index contributed by atoms with van der Waals surface area (Å²) in [6, 6.07) is 7.64. The molecule has 0 N–H and O–H groups in total. The first-order valence-electron chi connectivity index (χ1n) is 11.1. The van der Waals surface area contributed by atoms with Gasteiger partial charge in [-0.05, 0) is 57.2 Å². The summed E-state index contributed by atoms with van der Waals surface area (Å²) in [5, 5.41) is 8.84. The largest absolute Gasteiger partial charge is 0.340 e. The zero-order chi connectivity index (χ0) is 21.4. The van der Waals surface area contributed by atoms with Crippen LogP contribution < -0.4 is 0 Å². The predicted molar refractivity (Wildman–Crippen MR) is 114 cm³/mol. The van der Waals surface area contributed by atoms with E-state index in [2.05, 4.69) is 15.2 Å². The van der Waals surface area contributed by atoms with E-state index in [1.165, 1.54) is 12.8 Å². The van der Waals surface area contributed by atoms with Gasteiger partial charge in [0.05, 0.1) is 11.1 Å². The number of carbonyl (C=O) groups is 1. The minimum absolute atomic E-state index is 0.0968. The number of pyridine rings is 1. The normalized spacial score (nSPS) is 21.4. The molecule has 8 heteroatoms. The van der Waals surface area contributed by atoms with Gasteiger partial charge in [-0.2, -0.15) is 10.1 Å². The maximum Gasteiger partial charge on any atom is 0.276 e. The molecular weight excluding hydrogens is 392 g/mol. The summed E-state index contributed by atoms with van der Waals surface area (Å²) in [5.74, 6) is 1.93. The van der Waals surface area contributed by atoms with Gasteiger partial charge in [-0.15, -0.1) is 0 Å². The Hall–Kier alpha value is -3.03. The van der Waals surface area contributed by atoms with Gasteiger partial charge in [0.2, 0.25) is 5.91 Å². The topological polar surface area (TPSA) is 89.9 Å². The van der Waals surface area contributed by atoms with Crippen molar-refractivity contribution in [1.29, 1.82) is 0 Å². The number of aryl methyl sites for hydroxylation is 2. The zero-order valence-electron chi connectivity index (χ0n) is 18.1. The molecule has 4 heterocycles. The zero-order valence-corrected chi connectivity index (χ0v) is 18.1. The molecule has 1 atom stereocenters. The van der Waals surface area contributed by atoms with Crippen molar-refractivity contribution in [2.24, 2.45) is 5.92 Å². The SMILES string of the molecule is Cc1cc(C)n(CC(=O)N2CCCC(CC3CC3)(c3noc(-c4ccccn4)n3)C2)n1. The third-order valence-corrected chi connectivity index (χ3v) is 6.48. The number of hydrogen-bond acceptors (Lipinski definition) is 6. The van der Waals surface area contributed by atoms with E-state index in [4.69, 9.17) is 9.51 Å². The van der Waals surface area contributed by atoms with Crippen LogP contribution >= 0.6 is 0 Å². The van der Waals surface area contributed by atoms with Crippen molar-refractivity contribution >= 4 is 5.91 Å². The van der Waals surface area contributed by atoms with Crippen LogP contribution in [0.4, 0.5) is 0 Å². The van der Waals surface area contributed by atoms with Gasteiger partial charge in [0.25, 0.3) is 5.89 Å². The van der Waals surface area contributed by atoms with Gasteiger partial charge in [0, 0.05) is 25.0 Å². The van der Waals surface area contributed by atoms with Crippen LogP contribution in [0, 0.1) is 19.8 Å². The Morgan fingerprint density at radius 3 is 2.87 bits per heavy atom. The highest BCUT2D eigenvalue weighted by Gasteiger charge is 2.45. The summed E-state index contributed by atoms with van der Waals surface area (Å²) in [7, 11) is 0. The third kappa shape index (κ3) is 4.11. The number of amides is 1. The molecule has 1 aliphatic carbocycles. The molecule has 1 amide bonds. The van der Waals surface area contributed by atoms with Crippen molar-refractivity contribution in [3.8, 4) is 11.6 Å². The Bertz CT molecular complexity index is 1070. The van der Waals surface area contributed by atoms with Crippen LogP contribution in [0.3, 0.4) is 0 Å². The van der Waals surface area contributed by atoms with Gasteiger partial charge in [0.1, 0.15) is 12.2 Å². The summed E-state index contributed by atoms with van der Waals surface area (Å²) in [4.78, 5) is 24.2. The molecule has 1 aliphatic heterocycles. The summed E-state index contributed by atoms with van der Waals surface area (Å²) >= 11 is 0. The van der Waals surface area contributed by atoms with E-state index in [-0.39, 0.29) is 17.9 Å². The standard InChI is InChI=1S/C23H28N6O2/c1-16-12-17(2)29(26-16)14-20(30)28-11-5-9-23(15-28,13-18-7-8-18)22-25-21(31-27-22)19-6-3-4-10-24-19/h3-4,6,10,12,18H,5,7-9,11,13-15H2,1-2H3. The minimum atomic E-state index is -0.263. The van der Waals surface area contributed by atoms with Gasteiger partial charge in [0.15, 0.2) is 5.82 Å². The lowest BCUT2D eigenvalue weighted by Crippen LogP contribution is -2.50. The minimum Gasteiger partial charge on any atom is -0.340 e. The predicted octanol–water partition coefficient (Wildman–Crippen LogP) is 3.31. The Kier molecular flexibility index (Phi) is 5.08. The van der Waals surface area contributed by atoms with Crippen LogP contribution in [0.1, 0.15) is 49.3 Å². The maximum atomic E-state index is 13.2. The lowest BCUT2D eigenvalue weighted by atomic mass is 9.75. The van der Waals surface area contributed by atoms with Crippen LogP contribution in [0.15, 0.2) is 35.0 Å². The van der Waals surface area contributed by atoms with Crippen molar-refractivity contribution in [1.82, 2.24) is 29.8 Å². The van der Waals surface area contributed by atoms with Crippen LogP contribution in [-0.2, 0) is 16.8 Å². The number of rotatable bonds is 6. The monoisotopic (exact) mass is 420 g/mol. The van der Waals surface area contributed by atoms with E-state index in [0.717, 1.165) is 37.2 Å². The van der Waals surface area contributed by atoms with E-state index in [1.807, 2.05) is 43.0 Å². The van der Waals surface area contributed by atoms with Crippen LogP contribution in [0.25, 0.3) is 11.6 Å². The number of nitrogens with zero attached hydrogens (tertiary/aromatic N) is 6. The van der Waals surface area contributed by atoms with Crippen molar-refractivity contribution < 1.29 is 9.32 Å². The van der Waals surface area contributed by atoms with Crippen molar-refractivity contribution in [3.05, 3.63) is 47.7 Å². The molecule has 162 valence electrons. The summed E-state index contributed by atoms with van der Waals surface area (Å²) in [6.07, 6.45) is 7.10. The fourth-order valence-electron chi connectivity index (χ4n) is 4.75. The lowest BCUT2D eigenvalue weighted by molar-refractivity contribution is -0.134. The molecule has 0 spiro atoms. The number of hydrogen-bond donors (Lipinski definition) is 0. The quantitative estimate of drug-likeness (QED) is 0.608. The molecule has 0 radical (unpaired) electrons. The molecule has 0 bridgehead atoms. The molecule has 3 aromatic rings. The van der Waals surface area contributed by atoms with Gasteiger partial charge in [-0.3, -0.25) is 14.5 Å². The first-order valence-corrected chi connectivity index (χ1v) is 11.1. The fourth-order valence-corrected chi connectivity index (χ4v) is 4.75. The number of likely N-dealkylation sites (tertiary alicyclic amines) is 1. The number of aromatic nitrogens is 5. The highest BCUT2D eigenvalue weighted by atomic mass is 16.5. The molecular formula is C23H28N6O2. The van der Waals surface area contributed by atoms with E-state index < -0.39 is 0 Å². The molecule has 2 fully saturated rings. The van der Waals surface area contributed by atoms with Crippen molar-refractivity contribution in [2.75, 3.05) is 13.1 Å². The molecule has 2 aliphatic rings. The Morgan fingerprint density at radius 1 is 1.29 bits per heavy atom. The Balaban J connectivity index is 1.39. The Morgan fingerprint density at radius 2 is 2.16 bits per heavy atom. The molecule has 1 unspecified atom stereocenters. The van der Waals surface area contributed by atoms with Gasteiger partial charge >= 0.3 is 0 Å². The molecule has 31 heavy (non-hydrogen) atoms. The van der Waals surface area contributed by atoms with Crippen LogP contribution in [-0.4, -0.2) is 48.8 Å². The van der Waals surface area contributed by atoms with Gasteiger partial charge in [-0.25, -0.2) is 0 Å². The second-order valence-electron chi connectivity index (χ2n) is 9.07. The molecule has 3 aromatic heterocycles. The second-order valence-corrected chi connectivity index (χ2v) is 9.07. The first-order chi connectivity index (χ1) is 15.0. The van der Waals surface area contributed by atoms with Gasteiger partial charge < -0.3 is 9.42 Å². The summed E-state index contributed by atoms with van der Waals surface area (Å²) in [5.41, 5.74) is 2.35. The van der Waals surface area contributed by atoms with Crippen LogP contribution in [0.2, 0.25) is 0 Å². The summed E-state index contributed by atoms with van der Waals surface area (Å²) < 4.78 is 7.39. The number of carbonyl (C=O) groups excluding carboxylic acids is 1. The molecule has 1 saturated heterocycles. The maximum absolute atomic E-state index is 13.2. The second kappa shape index (κ2) is 7.90. The van der Waals surface area contributed by atoms with Crippen molar-refractivity contribution in [3.63, 3.8) is 0 Å². The highest BCUT2D eigenvalue weighted by Crippen LogP contribution is 2.45. The van der Waals surface area contributed by atoms with E-state index in [9.17, 15) is 4.79 Å². The molecule has 5 rings (SSSR count). The number of piperidine rings is 1. The van der Waals surface area contributed by atoms with E-state index >= 15 is 0 Å². The van der Waals surface area contributed by atoms with E-state index in [0.29, 0.717) is 29.9 Å². The molecule has 1 saturated carbocycles. The van der Waals surface area contributed by atoms with Crippen LogP contribution in [0.5, 0.6) is 0 Å². The third-order valence-electron chi connectivity index (χ3n) is 6.48. The highest BCUT2D eigenvalue weighted by molar-refractivity contribution is 5.76. The lowest BCUT2D eigenvalue weighted by Gasteiger charge is -2.41. The first kappa shape index (κ1) is 19.9. The molecule has 0 aromatic carbocycles.